The van der Waals surface area contributed by atoms with Crippen molar-refractivity contribution in [2.45, 2.75) is 25.5 Å². The highest BCUT2D eigenvalue weighted by Gasteiger charge is 2.31. The molecule has 0 saturated carbocycles. The van der Waals surface area contributed by atoms with Gasteiger partial charge in [0.1, 0.15) is 0 Å². The van der Waals surface area contributed by atoms with Gasteiger partial charge in [0.15, 0.2) is 0 Å². The smallest absolute Gasteiger partial charge is 0.328 e. The Morgan fingerprint density at radius 1 is 1.30 bits per heavy atom. The van der Waals surface area contributed by atoms with Crippen molar-refractivity contribution in [1.29, 1.82) is 0 Å². The van der Waals surface area contributed by atoms with Gasteiger partial charge in [0.05, 0.1) is 23.2 Å². The van der Waals surface area contributed by atoms with Crippen molar-refractivity contribution in [3.63, 3.8) is 0 Å². The summed E-state index contributed by atoms with van der Waals surface area (Å²) in [6.45, 7) is 2.96. The minimum atomic E-state index is -0.146. The van der Waals surface area contributed by atoms with Crippen LogP contribution in [0.1, 0.15) is 24.9 Å². The van der Waals surface area contributed by atoms with Gasteiger partial charge in [0, 0.05) is 20.7 Å². The largest absolute Gasteiger partial charge is 0.376 e. The van der Waals surface area contributed by atoms with Crippen molar-refractivity contribution >= 4 is 11.0 Å². The molecule has 2 N–H and O–H groups in total. The third kappa shape index (κ3) is 1.89. The molecule has 3 rings (SSSR count). The summed E-state index contributed by atoms with van der Waals surface area (Å²) in [5, 5.41) is 0. The van der Waals surface area contributed by atoms with Crippen LogP contribution in [0.15, 0.2) is 23.0 Å². The van der Waals surface area contributed by atoms with E-state index in [9.17, 15) is 4.79 Å². The van der Waals surface area contributed by atoms with Gasteiger partial charge < -0.3 is 10.5 Å². The molecule has 108 valence electrons. The van der Waals surface area contributed by atoms with Gasteiger partial charge in [0.25, 0.3) is 0 Å². The van der Waals surface area contributed by atoms with Crippen LogP contribution >= 0.6 is 0 Å². The van der Waals surface area contributed by atoms with Crippen molar-refractivity contribution < 1.29 is 4.74 Å². The van der Waals surface area contributed by atoms with E-state index in [4.69, 9.17) is 10.5 Å². The molecule has 5 heteroatoms. The first-order chi connectivity index (χ1) is 9.50. The maximum Gasteiger partial charge on any atom is 0.328 e. The molecule has 0 amide bonds. The average Bonchev–Trinajstić information content (AvgIpc) is 2.97. The molecule has 1 aliphatic rings. The van der Waals surface area contributed by atoms with E-state index >= 15 is 0 Å². The Bertz CT molecular complexity index is 701. The molecule has 1 fully saturated rings. The molecule has 1 aliphatic heterocycles. The van der Waals surface area contributed by atoms with Crippen molar-refractivity contribution in [2.75, 3.05) is 6.61 Å². The fourth-order valence-electron chi connectivity index (χ4n) is 3.10. The second-order valence-electron chi connectivity index (χ2n) is 5.78. The predicted octanol–water partition coefficient (Wildman–Crippen LogP) is 1.30. The van der Waals surface area contributed by atoms with Gasteiger partial charge in [-0.05, 0) is 30.0 Å². The molecule has 20 heavy (non-hydrogen) atoms. The van der Waals surface area contributed by atoms with Crippen molar-refractivity contribution in [3.05, 3.63) is 34.2 Å². The molecule has 1 aromatic carbocycles. The first kappa shape index (κ1) is 13.4. The van der Waals surface area contributed by atoms with Gasteiger partial charge in [0.2, 0.25) is 0 Å². The summed E-state index contributed by atoms with van der Waals surface area (Å²) >= 11 is 0. The summed E-state index contributed by atoms with van der Waals surface area (Å²) in [6, 6.07) is 5.83. The van der Waals surface area contributed by atoms with Crippen LogP contribution in [0.2, 0.25) is 0 Å². The minimum Gasteiger partial charge on any atom is -0.376 e. The third-order valence-corrected chi connectivity index (χ3v) is 4.48. The molecule has 1 aromatic heterocycles. The van der Waals surface area contributed by atoms with Crippen LogP contribution in [0.4, 0.5) is 0 Å². The fraction of sp³-hybridized carbons (Fsp3) is 0.533. The standard InChI is InChI=1S/C15H21N3O2/c1-9-6-7-20-14(9)13(16)10-4-5-11-12(8-10)18(3)15(19)17(11)2/h4-5,8-9,13-14H,6-7,16H2,1-3H3. The number of hydrogen-bond acceptors (Lipinski definition) is 3. The lowest BCUT2D eigenvalue weighted by Crippen LogP contribution is -2.29. The van der Waals surface area contributed by atoms with Gasteiger partial charge in [-0.15, -0.1) is 0 Å². The first-order valence-corrected chi connectivity index (χ1v) is 7.03. The van der Waals surface area contributed by atoms with Gasteiger partial charge >= 0.3 is 5.69 Å². The maximum absolute atomic E-state index is 11.9. The number of fused-ring (bicyclic) bond motifs is 1. The third-order valence-electron chi connectivity index (χ3n) is 4.48. The summed E-state index contributed by atoms with van der Waals surface area (Å²) in [6.07, 6.45) is 1.12. The van der Waals surface area contributed by atoms with Crippen LogP contribution in [0.5, 0.6) is 0 Å². The van der Waals surface area contributed by atoms with Gasteiger partial charge in [-0.25, -0.2) is 4.79 Å². The monoisotopic (exact) mass is 275 g/mol. The van der Waals surface area contributed by atoms with E-state index in [-0.39, 0.29) is 17.8 Å². The van der Waals surface area contributed by atoms with Crippen LogP contribution in [0.25, 0.3) is 11.0 Å². The normalized spacial score (nSPS) is 24.4. The van der Waals surface area contributed by atoms with Crippen molar-refractivity contribution in [3.8, 4) is 0 Å². The van der Waals surface area contributed by atoms with E-state index < -0.39 is 0 Å². The lowest BCUT2D eigenvalue weighted by atomic mass is 9.93. The first-order valence-electron chi connectivity index (χ1n) is 7.03. The zero-order chi connectivity index (χ0) is 14.4. The minimum absolute atomic E-state index is 0.0174. The lowest BCUT2D eigenvalue weighted by molar-refractivity contribution is 0.0725. The Kier molecular flexibility index (Phi) is 3.18. The molecule has 0 radical (unpaired) electrons. The van der Waals surface area contributed by atoms with Crippen LogP contribution < -0.4 is 11.4 Å². The molecule has 1 saturated heterocycles. The fourth-order valence-corrected chi connectivity index (χ4v) is 3.10. The van der Waals surface area contributed by atoms with Gasteiger partial charge in [-0.1, -0.05) is 13.0 Å². The molecule has 3 unspecified atom stereocenters. The molecule has 2 aromatic rings. The van der Waals surface area contributed by atoms with E-state index in [2.05, 4.69) is 6.92 Å². The Labute approximate surface area is 117 Å². The number of ether oxygens (including phenoxy) is 1. The number of rotatable bonds is 2. The predicted molar refractivity (Wildman–Crippen MR) is 78.6 cm³/mol. The Balaban J connectivity index is 2.05. The van der Waals surface area contributed by atoms with Gasteiger partial charge in [-0.2, -0.15) is 0 Å². The Morgan fingerprint density at radius 2 is 2.00 bits per heavy atom. The van der Waals surface area contributed by atoms with E-state index in [1.54, 1.807) is 23.2 Å². The highest BCUT2D eigenvalue weighted by Crippen LogP contribution is 2.30. The second kappa shape index (κ2) is 4.75. The Morgan fingerprint density at radius 3 is 2.65 bits per heavy atom. The topological polar surface area (TPSA) is 62.2 Å². The molecular weight excluding hydrogens is 254 g/mol. The molecular formula is C15H21N3O2. The van der Waals surface area contributed by atoms with Crippen LogP contribution in [0, 0.1) is 5.92 Å². The number of aryl methyl sites for hydroxylation is 2. The summed E-state index contributed by atoms with van der Waals surface area (Å²) < 4.78 is 9.06. The van der Waals surface area contributed by atoms with Crippen LogP contribution in [0.3, 0.4) is 0 Å². The van der Waals surface area contributed by atoms with E-state index in [1.807, 2.05) is 18.2 Å². The van der Waals surface area contributed by atoms with Crippen LogP contribution in [-0.4, -0.2) is 21.8 Å². The summed E-state index contributed by atoms with van der Waals surface area (Å²) in [7, 11) is 3.57. The molecule has 0 bridgehead atoms. The Hall–Kier alpha value is -1.59. The number of aromatic nitrogens is 2. The van der Waals surface area contributed by atoms with Gasteiger partial charge in [-0.3, -0.25) is 9.13 Å². The van der Waals surface area contributed by atoms with E-state index in [1.165, 1.54) is 0 Å². The summed E-state index contributed by atoms with van der Waals surface area (Å²) in [4.78, 5) is 11.9. The maximum atomic E-state index is 11.9. The number of nitrogens with zero attached hydrogens (tertiary/aromatic N) is 2. The lowest BCUT2D eigenvalue weighted by Gasteiger charge is -2.22. The molecule has 3 atom stereocenters. The number of imidazole rings is 1. The van der Waals surface area contributed by atoms with Crippen molar-refractivity contribution in [1.82, 2.24) is 9.13 Å². The van der Waals surface area contributed by atoms with E-state index in [0.29, 0.717) is 5.92 Å². The van der Waals surface area contributed by atoms with Crippen molar-refractivity contribution in [2.24, 2.45) is 25.7 Å². The number of benzene rings is 1. The number of hydrogen-bond donors (Lipinski definition) is 1. The average molecular weight is 275 g/mol. The molecule has 0 aliphatic carbocycles. The molecule has 2 heterocycles. The zero-order valence-electron chi connectivity index (χ0n) is 12.2. The highest BCUT2D eigenvalue weighted by atomic mass is 16.5. The molecule has 5 nitrogen and oxygen atoms in total. The number of nitrogens with two attached hydrogens (primary N) is 1. The van der Waals surface area contributed by atoms with Crippen LogP contribution in [-0.2, 0) is 18.8 Å². The quantitative estimate of drug-likeness (QED) is 0.898. The summed E-state index contributed by atoms with van der Waals surface area (Å²) in [5.74, 6) is 0.472. The second-order valence-corrected chi connectivity index (χ2v) is 5.78. The zero-order valence-corrected chi connectivity index (χ0v) is 12.2. The summed E-state index contributed by atoms with van der Waals surface area (Å²) in [5.41, 5.74) is 9.20. The van der Waals surface area contributed by atoms with E-state index in [0.717, 1.165) is 29.6 Å². The molecule has 0 spiro atoms. The SMILES string of the molecule is CC1CCOC1C(N)c1ccc2c(c1)n(C)c(=O)n2C. The highest BCUT2D eigenvalue weighted by molar-refractivity contribution is 5.77.